The molecule has 2 heteroatoms. The lowest BCUT2D eigenvalue weighted by molar-refractivity contribution is 0.174. The molecule has 0 spiro atoms. The van der Waals surface area contributed by atoms with Gasteiger partial charge in [0.2, 0.25) is 0 Å². The minimum atomic E-state index is 0.800. The first kappa shape index (κ1) is 11.0. The van der Waals surface area contributed by atoms with E-state index >= 15 is 0 Å². The molecule has 13 heavy (non-hydrogen) atoms. The molecule has 0 aromatic heterocycles. The average molecular weight is 184 g/mol. The van der Waals surface area contributed by atoms with Crippen LogP contribution in [0.1, 0.15) is 39.5 Å². The Balaban J connectivity index is 2.09. The molecule has 1 aliphatic rings. The second kappa shape index (κ2) is 6.39. The van der Waals surface area contributed by atoms with Gasteiger partial charge in [-0.2, -0.15) is 0 Å². The Morgan fingerprint density at radius 3 is 2.54 bits per heavy atom. The fourth-order valence-corrected chi connectivity index (χ4v) is 2.00. The molecule has 0 unspecified atom stereocenters. The first-order chi connectivity index (χ1) is 6.34. The first-order valence-electron chi connectivity index (χ1n) is 5.79. The maximum Gasteiger partial charge on any atom is 0.0110 e. The number of nitrogens with zero attached hydrogens (tertiary/aromatic N) is 1. The van der Waals surface area contributed by atoms with Gasteiger partial charge in [-0.25, -0.2) is 0 Å². The zero-order valence-electron chi connectivity index (χ0n) is 9.18. The zero-order valence-corrected chi connectivity index (χ0v) is 9.18. The summed E-state index contributed by atoms with van der Waals surface area (Å²) in [4.78, 5) is 2.62. The third-order valence-electron chi connectivity index (χ3n) is 3.00. The Labute approximate surface area is 82.7 Å². The lowest BCUT2D eigenvalue weighted by atomic mass is 10.1. The van der Waals surface area contributed by atoms with Crippen molar-refractivity contribution in [3.05, 3.63) is 0 Å². The smallest absolute Gasteiger partial charge is 0.0110 e. The maximum atomic E-state index is 3.40. The summed E-state index contributed by atoms with van der Waals surface area (Å²) < 4.78 is 0. The summed E-state index contributed by atoms with van der Waals surface area (Å²) in [6.07, 6.45) is 5.53. The van der Waals surface area contributed by atoms with Gasteiger partial charge >= 0.3 is 0 Å². The summed E-state index contributed by atoms with van der Waals surface area (Å²) >= 11 is 0. The molecule has 0 bridgehead atoms. The molecule has 0 amide bonds. The molecule has 0 radical (unpaired) electrons. The minimum Gasteiger partial charge on any atom is -0.314 e. The normalized spacial score (nSPS) is 21.7. The second-order valence-electron chi connectivity index (χ2n) is 4.13. The van der Waals surface area contributed by atoms with Crippen LogP contribution in [0.25, 0.3) is 0 Å². The van der Waals surface area contributed by atoms with Gasteiger partial charge in [-0.3, -0.25) is 4.90 Å². The predicted octanol–water partition coefficient (Wildman–Crippen LogP) is 1.86. The molecule has 1 atom stereocenters. The molecule has 1 saturated heterocycles. The zero-order chi connectivity index (χ0) is 9.52. The van der Waals surface area contributed by atoms with E-state index in [0.717, 1.165) is 6.04 Å². The summed E-state index contributed by atoms with van der Waals surface area (Å²) in [7, 11) is 0. The van der Waals surface area contributed by atoms with Crippen molar-refractivity contribution < 1.29 is 0 Å². The van der Waals surface area contributed by atoms with E-state index in [9.17, 15) is 0 Å². The van der Waals surface area contributed by atoms with Crippen LogP contribution in [0.3, 0.4) is 0 Å². The summed E-state index contributed by atoms with van der Waals surface area (Å²) in [6.45, 7) is 9.49. The van der Waals surface area contributed by atoms with Crippen LogP contribution in [-0.2, 0) is 0 Å². The number of nitrogens with one attached hydrogen (secondary N) is 1. The van der Waals surface area contributed by atoms with E-state index in [2.05, 4.69) is 24.1 Å². The van der Waals surface area contributed by atoms with Crippen LogP contribution in [-0.4, -0.2) is 37.1 Å². The van der Waals surface area contributed by atoms with Crippen molar-refractivity contribution in [2.45, 2.75) is 45.6 Å². The van der Waals surface area contributed by atoms with E-state index in [4.69, 9.17) is 0 Å². The van der Waals surface area contributed by atoms with Crippen LogP contribution >= 0.6 is 0 Å². The number of hydrogen-bond donors (Lipinski definition) is 1. The molecule has 0 aromatic rings. The number of piperazine rings is 1. The third-order valence-corrected chi connectivity index (χ3v) is 3.00. The van der Waals surface area contributed by atoms with Crippen molar-refractivity contribution in [2.75, 3.05) is 26.2 Å². The molecule has 0 saturated carbocycles. The average Bonchev–Trinajstić information content (AvgIpc) is 2.19. The van der Waals surface area contributed by atoms with Gasteiger partial charge in [0.15, 0.2) is 0 Å². The summed E-state index contributed by atoms with van der Waals surface area (Å²) in [5.41, 5.74) is 0. The van der Waals surface area contributed by atoms with Crippen molar-refractivity contribution >= 4 is 0 Å². The quantitative estimate of drug-likeness (QED) is 0.656. The van der Waals surface area contributed by atoms with Crippen molar-refractivity contribution in [3.63, 3.8) is 0 Å². The topological polar surface area (TPSA) is 15.3 Å². The summed E-state index contributed by atoms with van der Waals surface area (Å²) in [5, 5.41) is 3.40. The van der Waals surface area contributed by atoms with Gasteiger partial charge in [0.05, 0.1) is 0 Å². The van der Waals surface area contributed by atoms with Crippen LogP contribution in [0.2, 0.25) is 0 Å². The van der Waals surface area contributed by atoms with Crippen LogP contribution in [0.4, 0.5) is 0 Å². The molecule has 0 aliphatic carbocycles. The Hall–Kier alpha value is -0.0800. The maximum absolute atomic E-state index is 3.40. The van der Waals surface area contributed by atoms with E-state index in [-0.39, 0.29) is 0 Å². The molecule has 2 nitrogen and oxygen atoms in total. The number of unbranched alkanes of at least 4 members (excludes halogenated alkanes) is 2. The lowest BCUT2D eigenvalue weighted by Crippen LogP contribution is -2.47. The molecule has 78 valence electrons. The molecule has 1 fully saturated rings. The number of hydrogen-bond acceptors (Lipinski definition) is 2. The van der Waals surface area contributed by atoms with Crippen LogP contribution in [0.15, 0.2) is 0 Å². The van der Waals surface area contributed by atoms with Crippen molar-refractivity contribution in [3.8, 4) is 0 Å². The predicted molar refractivity (Wildman–Crippen MR) is 58.0 cm³/mol. The monoisotopic (exact) mass is 184 g/mol. The summed E-state index contributed by atoms with van der Waals surface area (Å²) in [6, 6.07) is 0.800. The van der Waals surface area contributed by atoms with Crippen molar-refractivity contribution in [1.29, 1.82) is 0 Å². The van der Waals surface area contributed by atoms with Gasteiger partial charge in [0.1, 0.15) is 0 Å². The van der Waals surface area contributed by atoms with E-state index in [0.29, 0.717) is 0 Å². The molecular formula is C11H24N2. The van der Waals surface area contributed by atoms with E-state index in [1.807, 2.05) is 0 Å². The molecule has 1 N–H and O–H groups in total. The fraction of sp³-hybridized carbons (Fsp3) is 1.00. The van der Waals surface area contributed by atoms with Gasteiger partial charge in [0, 0.05) is 32.2 Å². The Morgan fingerprint density at radius 2 is 1.92 bits per heavy atom. The fourth-order valence-electron chi connectivity index (χ4n) is 2.00. The molecule has 1 rings (SSSR count). The van der Waals surface area contributed by atoms with E-state index < -0.39 is 0 Å². The lowest BCUT2D eigenvalue weighted by Gasteiger charge is -2.32. The Kier molecular flexibility index (Phi) is 5.40. The Bertz CT molecular complexity index is 119. The second-order valence-corrected chi connectivity index (χ2v) is 4.13. The SMILES string of the molecule is CCCCC[C@H](C)N1CCNCC1. The highest BCUT2D eigenvalue weighted by Crippen LogP contribution is 2.09. The van der Waals surface area contributed by atoms with Crippen molar-refractivity contribution in [1.82, 2.24) is 10.2 Å². The highest BCUT2D eigenvalue weighted by atomic mass is 15.2. The highest BCUT2D eigenvalue weighted by molar-refractivity contribution is 4.73. The van der Waals surface area contributed by atoms with Crippen LogP contribution in [0, 0.1) is 0 Å². The third kappa shape index (κ3) is 4.10. The standard InChI is InChI=1S/C11H24N2/c1-3-4-5-6-11(2)13-9-7-12-8-10-13/h11-12H,3-10H2,1-2H3/t11-/m0/s1. The largest absolute Gasteiger partial charge is 0.314 e. The van der Waals surface area contributed by atoms with Crippen LogP contribution < -0.4 is 5.32 Å². The Morgan fingerprint density at radius 1 is 1.23 bits per heavy atom. The highest BCUT2D eigenvalue weighted by Gasteiger charge is 2.15. The van der Waals surface area contributed by atoms with Gasteiger partial charge in [-0.1, -0.05) is 26.2 Å². The van der Waals surface area contributed by atoms with Crippen LogP contribution in [0.5, 0.6) is 0 Å². The minimum absolute atomic E-state index is 0.800. The number of rotatable bonds is 5. The van der Waals surface area contributed by atoms with Gasteiger partial charge < -0.3 is 5.32 Å². The molecule has 1 heterocycles. The van der Waals surface area contributed by atoms with Gasteiger partial charge in [0.25, 0.3) is 0 Å². The summed E-state index contributed by atoms with van der Waals surface area (Å²) in [5.74, 6) is 0. The van der Waals surface area contributed by atoms with E-state index in [1.54, 1.807) is 0 Å². The molecule has 1 aliphatic heterocycles. The molecule has 0 aromatic carbocycles. The van der Waals surface area contributed by atoms with Gasteiger partial charge in [-0.05, 0) is 13.3 Å². The van der Waals surface area contributed by atoms with Gasteiger partial charge in [-0.15, -0.1) is 0 Å². The molecular weight excluding hydrogens is 160 g/mol. The van der Waals surface area contributed by atoms with Crippen molar-refractivity contribution in [2.24, 2.45) is 0 Å². The van der Waals surface area contributed by atoms with E-state index in [1.165, 1.54) is 51.9 Å². The first-order valence-corrected chi connectivity index (χ1v) is 5.79.